The number of carbonyl (C=O) groups is 1. The van der Waals surface area contributed by atoms with Gasteiger partial charge in [-0.15, -0.1) is 0 Å². The minimum Gasteiger partial charge on any atom is -0.545 e. The Bertz CT molecular complexity index is 443. The number of carboxylic acids is 1. The summed E-state index contributed by atoms with van der Waals surface area (Å²) in [6.07, 6.45) is 0.849. The number of para-hydroxylation sites is 1. The van der Waals surface area contributed by atoms with Crippen molar-refractivity contribution in [3.8, 4) is 5.75 Å². The number of thioether (sulfide) groups is 1. The fourth-order valence-electron chi connectivity index (χ4n) is 1.09. The first kappa shape index (κ1) is 13.4. The van der Waals surface area contributed by atoms with E-state index in [0.717, 1.165) is 18.4 Å². The second-order valence-electron chi connectivity index (χ2n) is 2.75. The van der Waals surface area contributed by atoms with Crippen LogP contribution in [0.4, 0.5) is 13.2 Å². The van der Waals surface area contributed by atoms with Crippen molar-refractivity contribution in [3.05, 3.63) is 36.6 Å². The van der Waals surface area contributed by atoms with Gasteiger partial charge in [0.2, 0.25) is 0 Å². The van der Waals surface area contributed by atoms with Crippen LogP contribution in [-0.4, -0.2) is 11.5 Å². The van der Waals surface area contributed by atoms with E-state index in [-0.39, 0.29) is 4.90 Å². The Morgan fingerprint density at radius 1 is 1.47 bits per heavy atom. The summed E-state index contributed by atoms with van der Waals surface area (Å²) >= 11 is -0.465. The lowest BCUT2D eigenvalue weighted by Crippen LogP contribution is -2.23. The maximum atomic E-state index is 12.2. The highest BCUT2D eigenvalue weighted by Gasteiger charge is 2.31. The summed E-state index contributed by atoms with van der Waals surface area (Å²) in [5.41, 5.74) is -5.00. The third kappa shape index (κ3) is 3.70. The molecule has 0 fully saturated rings. The van der Waals surface area contributed by atoms with Crippen LogP contribution in [0.25, 0.3) is 0 Å². The molecular weight excluding hydrogens is 257 g/mol. The average molecular weight is 263 g/mol. The van der Waals surface area contributed by atoms with Gasteiger partial charge in [-0.3, -0.25) is 0 Å². The number of carbonyl (C=O) groups excluding carboxylic acids is 1. The van der Waals surface area contributed by atoms with E-state index in [9.17, 15) is 23.1 Å². The van der Waals surface area contributed by atoms with Gasteiger partial charge in [0.15, 0.2) is 0 Å². The van der Waals surface area contributed by atoms with Crippen LogP contribution in [0.3, 0.4) is 0 Å². The Morgan fingerprint density at radius 2 is 2.12 bits per heavy atom. The molecule has 0 saturated heterocycles. The van der Waals surface area contributed by atoms with E-state index in [4.69, 9.17) is 4.74 Å². The SMILES string of the molecule is C=COc1c(SC(F)(F)F)cccc1C(=O)[O-]. The number of aromatic carboxylic acids is 1. The molecule has 0 aliphatic carbocycles. The Balaban J connectivity index is 3.24. The van der Waals surface area contributed by atoms with E-state index >= 15 is 0 Å². The van der Waals surface area contributed by atoms with E-state index in [0.29, 0.717) is 0 Å². The molecule has 0 aromatic heterocycles. The molecule has 0 aliphatic heterocycles. The van der Waals surface area contributed by atoms with Crippen molar-refractivity contribution in [2.45, 2.75) is 10.4 Å². The lowest BCUT2D eigenvalue weighted by molar-refractivity contribution is -0.255. The Kier molecular flexibility index (Phi) is 4.06. The minimum absolute atomic E-state index is 0.362. The summed E-state index contributed by atoms with van der Waals surface area (Å²) in [6.45, 7) is 3.17. The zero-order chi connectivity index (χ0) is 13.1. The molecule has 0 spiro atoms. The predicted molar refractivity (Wildman–Crippen MR) is 53.5 cm³/mol. The maximum Gasteiger partial charge on any atom is 0.446 e. The first-order valence-corrected chi connectivity index (χ1v) is 5.04. The highest BCUT2D eigenvalue weighted by molar-refractivity contribution is 8.00. The van der Waals surface area contributed by atoms with Crippen molar-refractivity contribution in [1.29, 1.82) is 0 Å². The number of benzene rings is 1. The number of hydrogen-bond donors (Lipinski definition) is 0. The fourth-order valence-corrected chi connectivity index (χ4v) is 1.73. The van der Waals surface area contributed by atoms with Crippen LogP contribution in [0.1, 0.15) is 10.4 Å². The third-order valence-corrected chi connectivity index (χ3v) is 2.40. The molecule has 0 N–H and O–H groups in total. The second-order valence-corrected chi connectivity index (χ2v) is 3.86. The Morgan fingerprint density at radius 3 is 2.59 bits per heavy atom. The van der Waals surface area contributed by atoms with Crippen LogP contribution >= 0.6 is 11.8 Å². The number of alkyl halides is 3. The highest BCUT2D eigenvalue weighted by Crippen LogP contribution is 2.42. The zero-order valence-corrected chi connectivity index (χ0v) is 9.10. The van der Waals surface area contributed by atoms with Gasteiger partial charge in [-0.1, -0.05) is 12.6 Å². The Hall–Kier alpha value is -1.63. The third-order valence-electron chi connectivity index (χ3n) is 1.63. The average Bonchev–Trinajstić information content (AvgIpc) is 2.18. The highest BCUT2D eigenvalue weighted by atomic mass is 32.2. The van der Waals surface area contributed by atoms with Crippen molar-refractivity contribution in [2.24, 2.45) is 0 Å². The van der Waals surface area contributed by atoms with Gasteiger partial charge in [-0.2, -0.15) is 13.2 Å². The van der Waals surface area contributed by atoms with E-state index in [1.54, 1.807) is 0 Å². The number of carboxylic acid groups (broad SMARTS) is 1. The number of hydrogen-bond acceptors (Lipinski definition) is 4. The maximum absolute atomic E-state index is 12.2. The van der Waals surface area contributed by atoms with Crippen molar-refractivity contribution in [1.82, 2.24) is 0 Å². The normalized spacial score (nSPS) is 11.0. The molecule has 0 unspecified atom stereocenters. The van der Waals surface area contributed by atoms with Crippen molar-refractivity contribution >= 4 is 17.7 Å². The molecule has 1 aromatic rings. The van der Waals surface area contributed by atoms with E-state index in [1.165, 1.54) is 6.07 Å². The molecule has 1 aromatic carbocycles. The van der Waals surface area contributed by atoms with Gasteiger partial charge in [0.25, 0.3) is 0 Å². The molecule has 17 heavy (non-hydrogen) atoms. The Labute approximate surface area is 98.9 Å². The minimum atomic E-state index is -4.54. The summed E-state index contributed by atoms with van der Waals surface area (Å²) in [5, 5.41) is 10.7. The van der Waals surface area contributed by atoms with Gasteiger partial charge in [0.05, 0.1) is 17.1 Å². The van der Waals surface area contributed by atoms with E-state index in [2.05, 4.69) is 6.58 Å². The molecular formula is C10H6F3O3S-. The first-order chi connectivity index (χ1) is 7.85. The standard InChI is InChI=1S/C10H7F3O3S/c1-2-16-8-6(9(14)15)4-3-5-7(8)17-10(11,12)13/h2-5H,1H2,(H,14,15)/p-1. The van der Waals surface area contributed by atoms with Crippen molar-refractivity contribution < 1.29 is 27.8 Å². The number of halogens is 3. The molecule has 1 rings (SSSR count). The topological polar surface area (TPSA) is 49.4 Å². The molecule has 0 radical (unpaired) electrons. The van der Waals surface area contributed by atoms with Crippen LogP contribution in [-0.2, 0) is 0 Å². The fraction of sp³-hybridized carbons (Fsp3) is 0.100. The first-order valence-electron chi connectivity index (χ1n) is 4.23. The molecule has 0 heterocycles. The molecule has 3 nitrogen and oxygen atoms in total. The monoisotopic (exact) mass is 263 g/mol. The van der Waals surface area contributed by atoms with Crippen LogP contribution in [0.2, 0.25) is 0 Å². The van der Waals surface area contributed by atoms with E-state index in [1.807, 2.05) is 0 Å². The van der Waals surface area contributed by atoms with Crippen LogP contribution in [0.5, 0.6) is 5.75 Å². The van der Waals surface area contributed by atoms with Gasteiger partial charge in [0, 0.05) is 5.56 Å². The molecule has 0 amide bonds. The largest absolute Gasteiger partial charge is 0.545 e. The van der Waals surface area contributed by atoms with Gasteiger partial charge in [-0.05, 0) is 23.9 Å². The molecule has 0 saturated carbocycles. The molecule has 7 heteroatoms. The smallest absolute Gasteiger partial charge is 0.446 e. The van der Waals surface area contributed by atoms with Crippen LogP contribution in [0.15, 0.2) is 35.9 Å². The zero-order valence-electron chi connectivity index (χ0n) is 8.28. The molecule has 0 atom stereocenters. The molecule has 92 valence electrons. The predicted octanol–water partition coefficient (Wildman–Crippen LogP) is 2.18. The van der Waals surface area contributed by atoms with Gasteiger partial charge in [0.1, 0.15) is 5.75 Å². The van der Waals surface area contributed by atoms with Crippen molar-refractivity contribution in [2.75, 3.05) is 0 Å². The summed E-state index contributed by atoms with van der Waals surface area (Å²) in [4.78, 5) is 10.3. The summed E-state index contributed by atoms with van der Waals surface area (Å²) in [5.74, 6) is -2.05. The number of rotatable bonds is 4. The second kappa shape index (κ2) is 5.13. The quantitative estimate of drug-likeness (QED) is 0.617. The summed E-state index contributed by atoms with van der Waals surface area (Å²) in [7, 11) is 0. The van der Waals surface area contributed by atoms with Crippen molar-refractivity contribution in [3.63, 3.8) is 0 Å². The summed E-state index contributed by atoms with van der Waals surface area (Å²) < 4.78 is 41.3. The lowest BCUT2D eigenvalue weighted by atomic mass is 10.2. The van der Waals surface area contributed by atoms with E-state index < -0.39 is 34.6 Å². The van der Waals surface area contributed by atoms with Gasteiger partial charge in [-0.25, -0.2) is 0 Å². The number of ether oxygens (including phenoxy) is 1. The lowest BCUT2D eigenvalue weighted by Gasteiger charge is -2.14. The summed E-state index contributed by atoms with van der Waals surface area (Å²) in [6, 6.07) is 3.37. The van der Waals surface area contributed by atoms with Gasteiger partial charge >= 0.3 is 5.51 Å². The molecule has 0 aliphatic rings. The van der Waals surface area contributed by atoms with Crippen LogP contribution in [0, 0.1) is 0 Å². The molecule has 0 bridgehead atoms. The van der Waals surface area contributed by atoms with Crippen LogP contribution < -0.4 is 9.84 Å². The van der Waals surface area contributed by atoms with Gasteiger partial charge < -0.3 is 14.6 Å².